The molecule has 0 atom stereocenters. The van der Waals surface area contributed by atoms with Gasteiger partial charge in [-0.3, -0.25) is 10.1 Å². The van der Waals surface area contributed by atoms with Gasteiger partial charge in [-0.2, -0.15) is 0 Å². The van der Waals surface area contributed by atoms with Crippen molar-refractivity contribution in [1.29, 1.82) is 0 Å². The predicted molar refractivity (Wildman–Crippen MR) is 72.0 cm³/mol. The summed E-state index contributed by atoms with van der Waals surface area (Å²) in [5, 5.41) is 10.8. The largest absolute Gasteiger partial charge is 0.489 e. The Hall–Kier alpha value is -2.56. The van der Waals surface area contributed by atoms with E-state index in [4.69, 9.17) is 4.74 Å². The lowest BCUT2D eigenvalue weighted by Crippen LogP contribution is -2.28. The quantitative estimate of drug-likeness (QED) is 0.612. The third-order valence-electron chi connectivity index (χ3n) is 3.09. The van der Waals surface area contributed by atoms with E-state index in [-0.39, 0.29) is 5.69 Å². The van der Waals surface area contributed by atoms with E-state index in [9.17, 15) is 10.1 Å². The Balaban J connectivity index is 2.03. The zero-order valence-corrected chi connectivity index (χ0v) is 10.2. The summed E-state index contributed by atoms with van der Waals surface area (Å²) in [6, 6.07) is 14.6. The molecule has 0 aliphatic carbocycles. The maximum absolute atomic E-state index is 10.8. The Labute approximate surface area is 110 Å². The third-order valence-corrected chi connectivity index (χ3v) is 3.09. The Morgan fingerprint density at radius 1 is 1.16 bits per heavy atom. The molecule has 96 valence electrons. The van der Waals surface area contributed by atoms with Crippen LogP contribution in [-0.2, 0) is 0 Å². The molecule has 0 aromatic heterocycles. The molecule has 1 heterocycles. The maximum Gasteiger partial charge on any atom is 0.273 e. The lowest BCUT2D eigenvalue weighted by Gasteiger charge is -2.31. The molecule has 2 aromatic rings. The summed E-state index contributed by atoms with van der Waals surface area (Å²) in [5.41, 5.74) is 1.97. The van der Waals surface area contributed by atoms with E-state index >= 15 is 0 Å². The van der Waals surface area contributed by atoms with E-state index in [0.717, 1.165) is 17.9 Å². The fourth-order valence-electron chi connectivity index (χ4n) is 2.20. The number of hydrogen-bond donors (Lipinski definition) is 0. The molecule has 0 saturated heterocycles. The first kappa shape index (κ1) is 11.5. The average Bonchev–Trinajstić information content (AvgIpc) is 2.47. The maximum atomic E-state index is 10.8. The molecular formula is C14H12N2O3. The number of non-ortho nitro benzene ring substituents is 1. The summed E-state index contributed by atoms with van der Waals surface area (Å²) in [6.07, 6.45) is 0. The summed E-state index contributed by atoms with van der Waals surface area (Å²) in [5.74, 6) is 0.560. The molecule has 0 amide bonds. The normalized spacial score (nSPS) is 13.6. The second-order valence-corrected chi connectivity index (χ2v) is 4.24. The topological polar surface area (TPSA) is 55.6 Å². The van der Waals surface area contributed by atoms with Crippen LogP contribution in [0.5, 0.6) is 5.75 Å². The second-order valence-electron chi connectivity index (χ2n) is 4.24. The number of hydrogen-bond acceptors (Lipinski definition) is 4. The van der Waals surface area contributed by atoms with Crippen molar-refractivity contribution in [3.63, 3.8) is 0 Å². The Kier molecular flexibility index (Phi) is 2.79. The van der Waals surface area contributed by atoms with Gasteiger partial charge in [0.1, 0.15) is 12.4 Å². The van der Waals surface area contributed by atoms with E-state index in [0.29, 0.717) is 12.4 Å². The molecule has 5 heteroatoms. The van der Waals surface area contributed by atoms with E-state index in [1.54, 1.807) is 6.07 Å². The summed E-state index contributed by atoms with van der Waals surface area (Å²) in [6.45, 7) is 1.25. The number of rotatable bonds is 2. The number of benzene rings is 2. The van der Waals surface area contributed by atoms with Gasteiger partial charge >= 0.3 is 0 Å². The molecule has 0 unspecified atom stereocenters. The van der Waals surface area contributed by atoms with Crippen LogP contribution in [0, 0.1) is 10.1 Å². The SMILES string of the molecule is O=[N+]([O-])c1ccc2c(c1)OCCN2c1ccccc1. The number of nitrogens with zero attached hydrogens (tertiary/aromatic N) is 2. The minimum absolute atomic E-state index is 0.0497. The van der Waals surface area contributed by atoms with E-state index in [2.05, 4.69) is 4.90 Å². The highest BCUT2D eigenvalue weighted by molar-refractivity contribution is 5.72. The van der Waals surface area contributed by atoms with E-state index in [1.165, 1.54) is 12.1 Å². The van der Waals surface area contributed by atoms with Crippen LogP contribution in [0.15, 0.2) is 48.5 Å². The molecule has 0 saturated carbocycles. The first-order chi connectivity index (χ1) is 9.25. The van der Waals surface area contributed by atoms with Crippen molar-refractivity contribution in [2.24, 2.45) is 0 Å². The monoisotopic (exact) mass is 256 g/mol. The van der Waals surface area contributed by atoms with Gasteiger partial charge in [0.25, 0.3) is 5.69 Å². The lowest BCUT2D eigenvalue weighted by molar-refractivity contribution is -0.384. The highest BCUT2D eigenvalue weighted by Gasteiger charge is 2.21. The number of anilines is 2. The van der Waals surface area contributed by atoms with Crippen molar-refractivity contribution in [2.45, 2.75) is 0 Å². The lowest BCUT2D eigenvalue weighted by atomic mass is 10.2. The predicted octanol–water partition coefficient (Wildman–Crippen LogP) is 3.13. The van der Waals surface area contributed by atoms with Crippen LogP contribution in [0.25, 0.3) is 0 Å². The number of fused-ring (bicyclic) bond motifs is 1. The van der Waals surface area contributed by atoms with Crippen LogP contribution in [0.1, 0.15) is 0 Å². The van der Waals surface area contributed by atoms with Crippen LogP contribution in [0.4, 0.5) is 17.1 Å². The second kappa shape index (κ2) is 4.61. The summed E-state index contributed by atoms with van der Waals surface area (Å²) >= 11 is 0. The standard InChI is InChI=1S/C14H12N2O3/c17-16(18)12-6-7-13-14(10-12)19-9-8-15(13)11-4-2-1-3-5-11/h1-7,10H,8-9H2. The summed E-state index contributed by atoms with van der Waals surface area (Å²) < 4.78 is 5.52. The summed E-state index contributed by atoms with van der Waals surface area (Å²) in [4.78, 5) is 12.5. The zero-order chi connectivity index (χ0) is 13.2. The van der Waals surface area contributed by atoms with Crippen LogP contribution >= 0.6 is 0 Å². The van der Waals surface area contributed by atoms with Crippen molar-refractivity contribution in [3.8, 4) is 5.75 Å². The Bertz CT molecular complexity index is 613. The smallest absolute Gasteiger partial charge is 0.273 e. The fraction of sp³-hybridized carbons (Fsp3) is 0.143. The van der Waals surface area contributed by atoms with E-state index < -0.39 is 4.92 Å². The fourth-order valence-corrected chi connectivity index (χ4v) is 2.20. The van der Waals surface area contributed by atoms with Gasteiger partial charge < -0.3 is 9.64 Å². The molecule has 1 aliphatic heterocycles. The molecule has 0 bridgehead atoms. The zero-order valence-electron chi connectivity index (χ0n) is 10.2. The van der Waals surface area contributed by atoms with Gasteiger partial charge in [0, 0.05) is 11.8 Å². The van der Waals surface area contributed by atoms with Crippen LogP contribution < -0.4 is 9.64 Å². The molecule has 0 radical (unpaired) electrons. The first-order valence-electron chi connectivity index (χ1n) is 5.99. The molecule has 2 aromatic carbocycles. The molecule has 3 rings (SSSR count). The van der Waals surface area contributed by atoms with Gasteiger partial charge in [0.2, 0.25) is 0 Å². The molecule has 0 fully saturated rings. The van der Waals surface area contributed by atoms with Gasteiger partial charge in [-0.1, -0.05) is 18.2 Å². The number of nitro groups is 1. The van der Waals surface area contributed by atoms with Gasteiger partial charge in [-0.05, 0) is 18.2 Å². The Morgan fingerprint density at radius 2 is 1.95 bits per heavy atom. The van der Waals surface area contributed by atoms with Gasteiger partial charge in [-0.25, -0.2) is 0 Å². The van der Waals surface area contributed by atoms with Crippen LogP contribution in [-0.4, -0.2) is 18.1 Å². The molecule has 19 heavy (non-hydrogen) atoms. The minimum atomic E-state index is -0.412. The minimum Gasteiger partial charge on any atom is -0.489 e. The number of nitro benzene ring substituents is 1. The molecule has 0 spiro atoms. The molecule has 0 N–H and O–H groups in total. The third kappa shape index (κ3) is 2.10. The number of para-hydroxylation sites is 1. The molecular weight excluding hydrogens is 244 g/mol. The highest BCUT2D eigenvalue weighted by atomic mass is 16.6. The van der Waals surface area contributed by atoms with Crippen LogP contribution in [0.2, 0.25) is 0 Å². The highest BCUT2D eigenvalue weighted by Crippen LogP contribution is 2.38. The average molecular weight is 256 g/mol. The first-order valence-corrected chi connectivity index (χ1v) is 5.99. The van der Waals surface area contributed by atoms with Crippen molar-refractivity contribution >= 4 is 17.1 Å². The summed E-state index contributed by atoms with van der Waals surface area (Å²) in [7, 11) is 0. The molecule has 1 aliphatic rings. The van der Waals surface area contributed by atoms with Crippen molar-refractivity contribution in [3.05, 3.63) is 58.6 Å². The van der Waals surface area contributed by atoms with Gasteiger partial charge in [0.15, 0.2) is 0 Å². The van der Waals surface area contributed by atoms with Gasteiger partial charge in [0.05, 0.1) is 23.2 Å². The van der Waals surface area contributed by atoms with E-state index in [1.807, 2.05) is 30.3 Å². The van der Waals surface area contributed by atoms with Crippen LogP contribution in [0.3, 0.4) is 0 Å². The van der Waals surface area contributed by atoms with Crippen molar-refractivity contribution in [1.82, 2.24) is 0 Å². The van der Waals surface area contributed by atoms with Gasteiger partial charge in [-0.15, -0.1) is 0 Å². The van der Waals surface area contributed by atoms with Crippen molar-refractivity contribution in [2.75, 3.05) is 18.1 Å². The number of ether oxygens (including phenoxy) is 1. The van der Waals surface area contributed by atoms with Crippen molar-refractivity contribution < 1.29 is 9.66 Å². The molecule has 5 nitrogen and oxygen atoms in total. The Morgan fingerprint density at radius 3 is 2.68 bits per heavy atom.